The summed E-state index contributed by atoms with van der Waals surface area (Å²) >= 11 is 12.0. The molecule has 0 spiro atoms. The molecule has 4 rings (SSSR count). The molecule has 3 aromatic rings. The van der Waals surface area contributed by atoms with E-state index in [0.29, 0.717) is 35.2 Å². The van der Waals surface area contributed by atoms with Gasteiger partial charge in [-0.1, -0.05) is 12.1 Å². The fourth-order valence-electron chi connectivity index (χ4n) is 4.13. The summed E-state index contributed by atoms with van der Waals surface area (Å²) in [5.74, 6) is 2.60. The van der Waals surface area contributed by atoms with Gasteiger partial charge < -0.3 is 23.7 Å². The first-order valence-electron chi connectivity index (χ1n) is 11.5. The monoisotopic (exact) mass is 743 g/mol. The van der Waals surface area contributed by atoms with Crippen molar-refractivity contribution in [3.63, 3.8) is 0 Å². The van der Waals surface area contributed by atoms with E-state index in [1.54, 1.807) is 52.7 Å². The fraction of sp³-hybridized carbons (Fsp3) is 0.259. The van der Waals surface area contributed by atoms with E-state index in [1.165, 1.54) is 0 Å². The molecule has 1 fully saturated rings. The third-order valence-corrected chi connectivity index (χ3v) is 10.1. The largest absolute Gasteiger partial charge is 0.493 e. The van der Waals surface area contributed by atoms with E-state index in [-0.39, 0.29) is 17.8 Å². The third-order valence-electron chi connectivity index (χ3n) is 6.06. The maximum Gasteiger partial charge on any atom is 0.286 e. The summed E-state index contributed by atoms with van der Waals surface area (Å²) in [6.07, 6.45) is 0.500. The highest BCUT2D eigenvalue weighted by atomic mass is 79.9. The van der Waals surface area contributed by atoms with Gasteiger partial charge in [-0.05, 0) is 106 Å². The van der Waals surface area contributed by atoms with Crippen LogP contribution in [0.3, 0.4) is 0 Å². The molecule has 3 aromatic carbocycles. The second-order valence-corrected chi connectivity index (χ2v) is 11.7. The van der Waals surface area contributed by atoms with Crippen LogP contribution in [-0.4, -0.2) is 39.6 Å². The number of hydrogen-bond donors (Lipinski definition) is 1. The van der Waals surface area contributed by atoms with Gasteiger partial charge in [-0.25, -0.2) is 0 Å². The highest BCUT2D eigenvalue weighted by molar-refractivity contribution is 9.13. The van der Waals surface area contributed by atoms with Crippen LogP contribution in [0.2, 0.25) is 0 Å². The molecule has 1 heterocycles. The van der Waals surface area contributed by atoms with Gasteiger partial charge in [-0.15, -0.1) is 0 Å². The van der Waals surface area contributed by atoms with Crippen LogP contribution in [0.4, 0.5) is 4.79 Å². The molecular weight excluding hydrogens is 722 g/mol. The molecule has 1 aliphatic rings. The number of carbonyl (C=O) groups excluding carboxylic acids is 2. The average molecular weight is 746 g/mol. The van der Waals surface area contributed by atoms with Crippen molar-refractivity contribution in [1.29, 1.82) is 0 Å². The zero-order valence-electron chi connectivity index (χ0n) is 21.4. The maximum absolute atomic E-state index is 12.0. The van der Waals surface area contributed by atoms with E-state index in [2.05, 4.69) is 53.1 Å². The zero-order valence-corrected chi connectivity index (χ0v) is 26.9. The van der Waals surface area contributed by atoms with E-state index in [0.717, 1.165) is 47.4 Å². The molecule has 1 saturated heterocycles. The minimum absolute atomic E-state index is 0.233. The molecule has 0 bridgehead atoms. The number of nitrogens with one attached hydrogen (secondary N) is 1. The number of carbonyl (C=O) groups is 2. The predicted octanol–water partition coefficient (Wildman–Crippen LogP) is 7.20. The van der Waals surface area contributed by atoms with Gasteiger partial charge in [0.15, 0.2) is 23.0 Å². The molecule has 0 radical (unpaired) electrons. The lowest BCUT2D eigenvalue weighted by molar-refractivity contribution is -0.119. The molecule has 206 valence electrons. The maximum atomic E-state index is 12.0. The second-order valence-electron chi connectivity index (χ2n) is 8.27. The first kappa shape index (κ1) is 29.6. The van der Waals surface area contributed by atoms with Crippen molar-refractivity contribution in [2.75, 3.05) is 28.4 Å². The van der Waals surface area contributed by atoms with Crippen LogP contribution in [0.1, 0.15) is 27.5 Å². The molecule has 1 aliphatic heterocycles. The first-order chi connectivity index (χ1) is 18.7. The number of thioether (sulfide) groups is 1. The van der Waals surface area contributed by atoms with Gasteiger partial charge in [-0.2, -0.15) is 0 Å². The predicted molar refractivity (Wildman–Crippen MR) is 160 cm³/mol. The summed E-state index contributed by atoms with van der Waals surface area (Å²) in [6, 6.07) is 10.9. The Hall–Kier alpha value is -2.41. The lowest BCUT2D eigenvalue weighted by Gasteiger charge is -2.20. The summed E-state index contributed by atoms with van der Waals surface area (Å²) < 4.78 is 30.7. The number of imide groups is 1. The first-order valence-corrected chi connectivity index (χ1v) is 14.7. The van der Waals surface area contributed by atoms with Gasteiger partial charge in [0.05, 0.1) is 37.4 Å². The minimum Gasteiger partial charge on any atom is -0.493 e. The topological polar surface area (TPSA) is 92.3 Å². The van der Waals surface area contributed by atoms with E-state index < -0.39 is 5.25 Å². The van der Waals surface area contributed by atoms with E-state index in [1.807, 2.05) is 12.1 Å². The minimum atomic E-state index is -0.556. The Morgan fingerprint density at radius 1 is 0.795 bits per heavy atom. The summed E-state index contributed by atoms with van der Waals surface area (Å²) in [5.41, 5.74) is 3.48. The van der Waals surface area contributed by atoms with Crippen LogP contribution in [0.25, 0.3) is 0 Å². The van der Waals surface area contributed by atoms with Gasteiger partial charge in [-0.3, -0.25) is 14.9 Å². The normalized spacial score (nSPS) is 14.7. The van der Waals surface area contributed by atoms with Crippen molar-refractivity contribution in [1.82, 2.24) is 5.32 Å². The Kier molecular flexibility index (Phi) is 9.73. The van der Waals surface area contributed by atoms with Crippen LogP contribution >= 0.6 is 59.6 Å². The number of rotatable bonds is 10. The van der Waals surface area contributed by atoms with E-state index in [4.69, 9.17) is 23.7 Å². The zero-order chi connectivity index (χ0) is 28.3. The molecule has 2 amide bonds. The van der Waals surface area contributed by atoms with E-state index >= 15 is 0 Å². The van der Waals surface area contributed by atoms with Crippen molar-refractivity contribution in [2.45, 2.75) is 18.3 Å². The van der Waals surface area contributed by atoms with Crippen LogP contribution in [0.5, 0.6) is 28.7 Å². The van der Waals surface area contributed by atoms with Crippen molar-refractivity contribution >= 4 is 70.7 Å². The number of ether oxygens (including phenoxy) is 5. The average Bonchev–Trinajstić information content (AvgIpc) is 3.28. The number of amides is 2. The molecule has 0 aromatic heterocycles. The van der Waals surface area contributed by atoms with E-state index in [9.17, 15) is 9.59 Å². The number of benzene rings is 3. The Morgan fingerprint density at radius 3 is 1.92 bits per heavy atom. The lowest BCUT2D eigenvalue weighted by atomic mass is 9.98. The quantitative estimate of drug-likeness (QED) is 0.233. The molecule has 0 aliphatic carbocycles. The standard InChI is InChI=1S/C27H24Br3NO7S/c1-34-18-10-14(20(28)22(30)24(18)37-4)9-17-15(11-19(35-2)23(36-3)21(17)29)12-38-16-7-5-13(6-8-16)25-26(32)31-27(33)39-25/h5-8,10-11,25H,9,12H2,1-4H3,(H,31,32,33). The number of halogens is 3. The second kappa shape index (κ2) is 12.8. The van der Waals surface area contributed by atoms with Gasteiger partial charge in [0.1, 0.15) is 17.6 Å². The van der Waals surface area contributed by atoms with Crippen LogP contribution < -0.4 is 29.0 Å². The molecule has 0 saturated carbocycles. The molecule has 12 heteroatoms. The lowest BCUT2D eigenvalue weighted by Crippen LogP contribution is -2.20. The van der Waals surface area contributed by atoms with Gasteiger partial charge in [0, 0.05) is 10.9 Å². The third kappa shape index (κ3) is 6.18. The van der Waals surface area contributed by atoms with Crippen LogP contribution in [-0.2, 0) is 17.8 Å². The molecular formula is C27H24Br3NO7S. The highest BCUT2D eigenvalue weighted by Gasteiger charge is 2.32. The smallest absolute Gasteiger partial charge is 0.286 e. The van der Waals surface area contributed by atoms with Crippen molar-refractivity contribution in [3.8, 4) is 28.7 Å². The summed E-state index contributed by atoms with van der Waals surface area (Å²) in [4.78, 5) is 23.5. The van der Waals surface area contributed by atoms with Crippen LogP contribution in [0.15, 0.2) is 49.8 Å². The fourth-order valence-corrected chi connectivity index (χ4v) is 6.76. The Morgan fingerprint density at radius 2 is 1.38 bits per heavy atom. The Bertz CT molecular complexity index is 1420. The number of hydrogen-bond acceptors (Lipinski definition) is 8. The Balaban J connectivity index is 1.66. The molecule has 1 atom stereocenters. The van der Waals surface area contributed by atoms with Crippen LogP contribution in [0, 0.1) is 0 Å². The van der Waals surface area contributed by atoms with Crippen molar-refractivity contribution < 1.29 is 33.3 Å². The van der Waals surface area contributed by atoms with Gasteiger partial charge in [0.25, 0.3) is 5.24 Å². The summed E-state index contributed by atoms with van der Waals surface area (Å²) in [7, 11) is 6.35. The molecule has 8 nitrogen and oxygen atoms in total. The van der Waals surface area contributed by atoms with Crippen molar-refractivity contribution in [2.24, 2.45) is 0 Å². The molecule has 39 heavy (non-hydrogen) atoms. The molecule has 1 unspecified atom stereocenters. The number of methoxy groups -OCH3 is 4. The van der Waals surface area contributed by atoms with Gasteiger partial charge >= 0.3 is 0 Å². The highest BCUT2D eigenvalue weighted by Crippen LogP contribution is 2.46. The summed E-state index contributed by atoms with van der Waals surface area (Å²) in [6.45, 7) is 0.233. The SMILES string of the molecule is COc1cc(Cc2c(COc3ccc(C4SC(=O)NC4=O)cc3)cc(OC)c(OC)c2Br)c(Br)c(Br)c1OC. The van der Waals surface area contributed by atoms with Crippen molar-refractivity contribution in [3.05, 3.63) is 72.1 Å². The van der Waals surface area contributed by atoms with Gasteiger partial charge in [0.2, 0.25) is 5.91 Å². The summed E-state index contributed by atoms with van der Waals surface area (Å²) in [5, 5.41) is 1.41. The molecule has 1 N–H and O–H groups in total. The Labute approximate surface area is 255 Å².